The molecule has 3 nitrogen and oxygen atoms in total. The lowest BCUT2D eigenvalue weighted by Gasteiger charge is -2.34. The molecule has 0 aromatic heterocycles. The Morgan fingerprint density at radius 2 is 1.80 bits per heavy atom. The van der Waals surface area contributed by atoms with Crippen molar-refractivity contribution < 1.29 is 5.11 Å². The normalized spacial score (nSPS) is 18.1. The highest BCUT2D eigenvalue weighted by Gasteiger charge is 2.15. The molecule has 0 unspecified atom stereocenters. The molecule has 2 rings (SSSR count). The lowest BCUT2D eigenvalue weighted by molar-refractivity contribution is 0.312. The van der Waals surface area contributed by atoms with Crippen LogP contribution >= 0.6 is 0 Å². The molecule has 15 heavy (non-hydrogen) atoms. The van der Waals surface area contributed by atoms with Crippen molar-refractivity contribution in [2.24, 2.45) is 0 Å². The van der Waals surface area contributed by atoms with E-state index in [-0.39, 0.29) is 0 Å². The van der Waals surface area contributed by atoms with E-state index in [0.29, 0.717) is 5.75 Å². The molecule has 1 N–H and O–H groups in total. The highest BCUT2D eigenvalue weighted by molar-refractivity contribution is 5.55. The molecule has 1 aliphatic rings. The third kappa shape index (κ3) is 2.23. The van der Waals surface area contributed by atoms with Crippen molar-refractivity contribution in [2.45, 2.75) is 6.92 Å². The number of phenols is 1. The number of aryl methyl sites for hydroxylation is 1. The topological polar surface area (TPSA) is 26.7 Å². The molecule has 1 heterocycles. The largest absolute Gasteiger partial charge is 0.508 e. The molecule has 0 saturated carbocycles. The molecule has 1 saturated heterocycles. The maximum atomic E-state index is 9.35. The Labute approximate surface area is 90.9 Å². The van der Waals surface area contributed by atoms with E-state index >= 15 is 0 Å². The summed E-state index contributed by atoms with van der Waals surface area (Å²) in [5.41, 5.74) is 2.40. The van der Waals surface area contributed by atoms with Crippen LogP contribution in [0.25, 0.3) is 0 Å². The minimum atomic E-state index is 0.352. The Bertz CT molecular complexity index is 343. The predicted octanol–water partition coefficient (Wildman–Crippen LogP) is 1.45. The zero-order valence-electron chi connectivity index (χ0n) is 9.40. The number of likely N-dealkylation sites (N-methyl/N-ethyl adjacent to an activating group) is 1. The highest BCUT2D eigenvalue weighted by atomic mass is 16.3. The molecule has 0 atom stereocenters. The van der Waals surface area contributed by atoms with Gasteiger partial charge in [-0.3, -0.25) is 0 Å². The molecule has 0 bridgehead atoms. The quantitative estimate of drug-likeness (QED) is 0.753. The van der Waals surface area contributed by atoms with Crippen molar-refractivity contribution in [3.63, 3.8) is 0 Å². The summed E-state index contributed by atoms with van der Waals surface area (Å²) < 4.78 is 0. The van der Waals surface area contributed by atoms with Crippen LogP contribution < -0.4 is 4.90 Å². The van der Waals surface area contributed by atoms with Crippen molar-refractivity contribution in [3.05, 3.63) is 23.8 Å². The van der Waals surface area contributed by atoms with Gasteiger partial charge >= 0.3 is 0 Å². The van der Waals surface area contributed by atoms with E-state index in [1.54, 1.807) is 6.07 Å². The SMILES string of the molecule is Cc1cc(O)ccc1N1CCN(C)CC1. The second-order valence-corrected chi connectivity index (χ2v) is 4.26. The van der Waals surface area contributed by atoms with Crippen LogP contribution in [-0.4, -0.2) is 43.2 Å². The summed E-state index contributed by atoms with van der Waals surface area (Å²) in [6.45, 7) is 6.41. The van der Waals surface area contributed by atoms with Crippen LogP contribution in [0.1, 0.15) is 5.56 Å². The van der Waals surface area contributed by atoms with E-state index in [1.807, 2.05) is 19.1 Å². The van der Waals surface area contributed by atoms with Gasteiger partial charge in [-0.2, -0.15) is 0 Å². The van der Waals surface area contributed by atoms with Gasteiger partial charge in [0, 0.05) is 31.9 Å². The second-order valence-electron chi connectivity index (χ2n) is 4.26. The Hall–Kier alpha value is -1.22. The fourth-order valence-corrected chi connectivity index (χ4v) is 2.04. The molecular weight excluding hydrogens is 188 g/mol. The zero-order chi connectivity index (χ0) is 10.8. The van der Waals surface area contributed by atoms with E-state index in [4.69, 9.17) is 0 Å². The first kappa shape index (κ1) is 10.3. The third-order valence-corrected chi connectivity index (χ3v) is 3.02. The maximum absolute atomic E-state index is 9.35. The summed E-state index contributed by atoms with van der Waals surface area (Å²) in [6, 6.07) is 5.60. The van der Waals surface area contributed by atoms with Crippen LogP contribution in [0.2, 0.25) is 0 Å². The van der Waals surface area contributed by atoms with Crippen molar-refractivity contribution in [1.29, 1.82) is 0 Å². The molecule has 0 radical (unpaired) electrons. The molecule has 1 aromatic rings. The van der Waals surface area contributed by atoms with Crippen molar-refractivity contribution in [1.82, 2.24) is 4.90 Å². The molecule has 1 aliphatic heterocycles. The summed E-state index contributed by atoms with van der Waals surface area (Å²) in [7, 11) is 2.15. The lowest BCUT2D eigenvalue weighted by atomic mass is 10.1. The molecule has 82 valence electrons. The van der Waals surface area contributed by atoms with Gasteiger partial charge in [0.15, 0.2) is 0 Å². The number of benzene rings is 1. The Balaban J connectivity index is 2.15. The van der Waals surface area contributed by atoms with E-state index in [9.17, 15) is 5.11 Å². The van der Waals surface area contributed by atoms with Crippen molar-refractivity contribution in [2.75, 3.05) is 38.1 Å². The number of hydrogen-bond acceptors (Lipinski definition) is 3. The van der Waals surface area contributed by atoms with Gasteiger partial charge in [-0.05, 0) is 37.7 Å². The third-order valence-electron chi connectivity index (χ3n) is 3.02. The number of rotatable bonds is 1. The molecule has 3 heteroatoms. The molecule has 0 aliphatic carbocycles. The second kappa shape index (κ2) is 4.11. The molecular formula is C12H18N2O. The summed E-state index contributed by atoms with van der Waals surface area (Å²) >= 11 is 0. The standard InChI is InChI=1S/C12H18N2O/c1-10-9-11(15)3-4-12(10)14-7-5-13(2)6-8-14/h3-4,9,15H,5-8H2,1-2H3. The summed E-state index contributed by atoms with van der Waals surface area (Å²) in [5, 5.41) is 9.35. The average Bonchev–Trinajstić information content (AvgIpc) is 2.20. The summed E-state index contributed by atoms with van der Waals surface area (Å²) in [4.78, 5) is 4.72. The van der Waals surface area contributed by atoms with Crippen molar-refractivity contribution >= 4 is 5.69 Å². The van der Waals surface area contributed by atoms with Gasteiger partial charge in [-0.25, -0.2) is 0 Å². The number of piperazine rings is 1. The van der Waals surface area contributed by atoms with Crippen LogP contribution in [0.3, 0.4) is 0 Å². The molecule has 1 aromatic carbocycles. The molecule has 0 amide bonds. The van der Waals surface area contributed by atoms with Crippen molar-refractivity contribution in [3.8, 4) is 5.75 Å². The number of phenolic OH excluding ortho intramolecular Hbond substituents is 1. The van der Waals surface area contributed by atoms with Crippen LogP contribution in [0, 0.1) is 6.92 Å². The monoisotopic (exact) mass is 206 g/mol. The van der Waals surface area contributed by atoms with Gasteiger partial charge in [0.1, 0.15) is 5.75 Å². The summed E-state index contributed by atoms with van der Waals surface area (Å²) in [5.74, 6) is 0.352. The average molecular weight is 206 g/mol. The van der Waals surface area contributed by atoms with E-state index in [2.05, 4.69) is 16.8 Å². The van der Waals surface area contributed by atoms with Crippen LogP contribution in [0.5, 0.6) is 5.75 Å². The smallest absolute Gasteiger partial charge is 0.115 e. The fourth-order valence-electron chi connectivity index (χ4n) is 2.04. The van der Waals surface area contributed by atoms with Crippen LogP contribution in [0.15, 0.2) is 18.2 Å². The Morgan fingerprint density at radius 1 is 1.13 bits per heavy atom. The van der Waals surface area contributed by atoms with Gasteiger partial charge < -0.3 is 14.9 Å². The van der Waals surface area contributed by atoms with E-state index in [1.165, 1.54) is 5.69 Å². The minimum Gasteiger partial charge on any atom is -0.508 e. The van der Waals surface area contributed by atoms with Gasteiger partial charge in [0.2, 0.25) is 0 Å². The zero-order valence-corrected chi connectivity index (χ0v) is 9.40. The van der Waals surface area contributed by atoms with Crippen LogP contribution in [0.4, 0.5) is 5.69 Å². The Kier molecular flexibility index (Phi) is 2.82. The van der Waals surface area contributed by atoms with Gasteiger partial charge in [0.05, 0.1) is 0 Å². The number of hydrogen-bond donors (Lipinski definition) is 1. The van der Waals surface area contributed by atoms with Gasteiger partial charge in [0.25, 0.3) is 0 Å². The van der Waals surface area contributed by atoms with E-state index < -0.39 is 0 Å². The first-order valence-electron chi connectivity index (χ1n) is 5.40. The Morgan fingerprint density at radius 3 is 2.40 bits per heavy atom. The molecule has 0 spiro atoms. The lowest BCUT2D eigenvalue weighted by Crippen LogP contribution is -2.44. The number of nitrogens with zero attached hydrogens (tertiary/aromatic N) is 2. The van der Waals surface area contributed by atoms with E-state index in [0.717, 1.165) is 31.7 Å². The number of aromatic hydroxyl groups is 1. The van der Waals surface area contributed by atoms with Crippen LogP contribution in [-0.2, 0) is 0 Å². The minimum absolute atomic E-state index is 0.352. The predicted molar refractivity (Wildman–Crippen MR) is 62.6 cm³/mol. The maximum Gasteiger partial charge on any atom is 0.115 e. The first-order chi connectivity index (χ1) is 7.16. The highest BCUT2D eigenvalue weighted by Crippen LogP contribution is 2.24. The first-order valence-corrected chi connectivity index (χ1v) is 5.40. The number of anilines is 1. The fraction of sp³-hybridized carbons (Fsp3) is 0.500. The summed E-state index contributed by atoms with van der Waals surface area (Å²) in [6.07, 6.45) is 0. The molecule has 1 fully saturated rings. The van der Waals surface area contributed by atoms with Gasteiger partial charge in [-0.15, -0.1) is 0 Å². The van der Waals surface area contributed by atoms with Gasteiger partial charge in [-0.1, -0.05) is 0 Å².